The highest BCUT2D eigenvalue weighted by molar-refractivity contribution is 8.19. The van der Waals surface area contributed by atoms with Gasteiger partial charge in [0.1, 0.15) is 0 Å². The van der Waals surface area contributed by atoms with E-state index in [1.165, 1.54) is 17.1 Å². The zero-order chi connectivity index (χ0) is 16.2. The van der Waals surface area contributed by atoms with Crippen LogP contribution in [0.2, 0.25) is 0 Å². The zero-order valence-electron chi connectivity index (χ0n) is 13.5. The molecule has 2 aromatic rings. The van der Waals surface area contributed by atoms with Crippen molar-refractivity contribution in [1.82, 2.24) is 0 Å². The van der Waals surface area contributed by atoms with Crippen molar-refractivity contribution in [2.45, 2.75) is 18.4 Å². The highest BCUT2D eigenvalue weighted by Crippen LogP contribution is 2.45. The Morgan fingerprint density at radius 2 is 1.74 bits per heavy atom. The van der Waals surface area contributed by atoms with Gasteiger partial charge in [0, 0.05) is 29.3 Å². The topological polar surface area (TPSA) is 20.3 Å². The third-order valence-corrected chi connectivity index (χ3v) is 7.12. The van der Waals surface area contributed by atoms with E-state index in [9.17, 15) is 4.79 Å². The summed E-state index contributed by atoms with van der Waals surface area (Å²) < 4.78 is 0.526. The summed E-state index contributed by atoms with van der Waals surface area (Å²) in [4.78, 5) is 14.7. The molecule has 0 N–H and O–H groups in total. The number of hydrogen-bond acceptors (Lipinski definition) is 3. The first kappa shape index (κ1) is 16.5. The van der Waals surface area contributed by atoms with E-state index in [4.69, 9.17) is 0 Å². The van der Waals surface area contributed by atoms with Gasteiger partial charge in [-0.25, -0.2) is 0 Å². The molecule has 2 nitrogen and oxygen atoms in total. The van der Waals surface area contributed by atoms with Crippen LogP contribution in [-0.4, -0.2) is 24.0 Å². The van der Waals surface area contributed by atoms with E-state index < -0.39 is 0 Å². The van der Waals surface area contributed by atoms with E-state index in [0.29, 0.717) is 11.1 Å². The predicted octanol–water partition coefficient (Wildman–Crippen LogP) is 5.14. The third-order valence-electron chi connectivity index (χ3n) is 4.02. The van der Waals surface area contributed by atoms with Crippen molar-refractivity contribution in [3.8, 4) is 0 Å². The van der Waals surface area contributed by atoms with Crippen molar-refractivity contribution in [3.05, 3.63) is 65.2 Å². The lowest BCUT2D eigenvalue weighted by Gasteiger charge is -2.23. The molecule has 1 aliphatic rings. The molecule has 0 unspecified atom stereocenters. The number of benzene rings is 2. The summed E-state index contributed by atoms with van der Waals surface area (Å²) in [5, 5.41) is 0. The highest BCUT2D eigenvalue weighted by atomic mass is 32.2. The Balaban J connectivity index is 1.82. The first-order chi connectivity index (χ1) is 11.2. The third kappa shape index (κ3) is 3.59. The lowest BCUT2D eigenvalue weighted by atomic mass is 10.1. The van der Waals surface area contributed by atoms with Crippen LogP contribution in [0.3, 0.4) is 0 Å². The first-order valence-electron chi connectivity index (χ1n) is 7.91. The molecule has 1 saturated heterocycles. The summed E-state index contributed by atoms with van der Waals surface area (Å²) in [6.45, 7) is 4.73. The Kier molecular flexibility index (Phi) is 5.34. The molecule has 0 saturated carbocycles. The Morgan fingerprint density at radius 3 is 2.35 bits per heavy atom. The Morgan fingerprint density at radius 1 is 1.09 bits per heavy atom. The van der Waals surface area contributed by atoms with E-state index in [0.717, 1.165) is 16.8 Å². The minimum absolute atomic E-state index is 0.0695. The number of thioether (sulfide) groups is 2. The molecule has 1 heterocycles. The van der Waals surface area contributed by atoms with Crippen molar-refractivity contribution in [1.29, 1.82) is 0 Å². The largest absolute Gasteiger partial charge is 0.308 e. The fourth-order valence-corrected chi connectivity index (χ4v) is 5.64. The van der Waals surface area contributed by atoms with Gasteiger partial charge in [-0.3, -0.25) is 4.79 Å². The van der Waals surface area contributed by atoms with Crippen LogP contribution in [0.5, 0.6) is 0 Å². The summed E-state index contributed by atoms with van der Waals surface area (Å²) in [5.41, 5.74) is 4.18. The maximum absolute atomic E-state index is 12.9. The summed E-state index contributed by atoms with van der Waals surface area (Å²) in [7, 11) is 0. The number of aryl methyl sites for hydroxylation is 1. The normalized spacial score (nSPS) is 14.9. The van der Waals surface area contributed by atoms with Crippen molar-refractivity contribution in [3.63, 3.8) is 0 Å². The lowest BCUT2D eigenvalue weighted by molar-refractivity contribution is 0.0988. The highest BCUT2D eigenvalue weighted by Gasteiger charge is 2.20. The van der Waals surface area contributed by atoms with Gasteiger partial charge in [0.15, 0.2) is 0 Å². The number of carbonyl (C=O) groups excluding carboxylic acids is 1. The van der Waals surface area contributed by atoms with Crippen LogP contribution in [0, 0.1) is 6.92 Å². The van der Waals surface area contributed by atoms with Crippen molar-refractivity contribution in [2.24, 2.45) is 0 Å². The van der Waals surface area contributed by atoms with Gasteiger partial charge in [0.2, 0.25) is 0 Å². The van der Waals surface area contributed by atoms with Gasteiger partial charge in [0.25, 0.3) is 5.91 Å². The summed E-state index contributed by atoms with van der Waals surface area (Å²) >= 11 is 3.97. The minimum Gasteiger partial charge on any atom is -0.308 e. The molecule has 4 heteroatoms. The van der Waals surface area contributed by atoms with Crippen LogP contribution >= 0.6 is 23.5 Å². The Hall–Kier alpha value is -1.39. The molecule has 23 heavy (non-hydrogen) atoms. The van der Waals surface area contributed by atoms with Gasteiger partial charge in [-0.2, -0.15) is 0 Å². The number of carbonyl (C=O) groups is 1. The van der Waals surface area contributed by atoms with E-state index in [1.807, 2.05) is 78.7 Å². The Bertz CT molecular complexity index is 678. The second-order valence-electron chi connectivity index (χ2n) is 5.53. The fraction of sp³-hybridized carbons (Fsp3) is 0.316. The van der Waals surface area contributed by atoms with Crippen LogP contribution in [-0.2, 0) is 0 Å². The van der Waals surface area contributed by atoms with E-state index in [1.54, 1.807) is 0 Å². The smallest absolute Gasteiger partial charge is 0.258 e. The van der Waals surface area contributed by atoms with Gasteiger partial charge in [0.05, 0.1) is 4.58 Å². The molecule has 0 spiro atoms. The average molecular weight is 344 g/mol. The molecule has 0 aromatic heterocycles. The van der Waals surface area contributed by atoms with Crippen LogP contribution < -0.4 is 4.90 Å². The van der Waals surface area contributed by atoms with Crippen LogP contribution in [0.1, 0.15) is 33.0 Å². The van der Waals surface area contributed by atoms with Gasteiger partial charge in [-0.15, -0.1) is 23.5 Å². The number of amides is 1. The average Bonchev–Trinajstić information content (AvgIpc) is 3.12. The van der Waals surface area contributed by atoms with E-state index in [-0.39, 0.29) is 5.91 Å². The molecule has 1 amide bonds. The minimum atomic E-state index is 0.0695. The lowest BCUT2D eigenvalue weighted by Crippen LogP contribution is -2.31. The summed E-state index contributed by atoms with van der Waals surface area (Å²) in [5.74, 6) is 2.50. The molecular formula is C19H21NOS2. The van der Waals surface area contributed by atoms with Gasteiger partial charge >= 0.3 is 0 Å². The van der Waals surface area contributed by atoms with Crippen molar-refractivity contribution >= 4 is 35.1 Å². The monoisotopic (exact) mass is 343 g/mol. The van der Waals surface area contributed by atoms with Crippen LogP contribution in [0.25, 0.3) is 0 Å². The first-order valence-corrected chi connectivity index (χ1v) is 10.0. The molecule has 120 valence electrons. The molecule has 0 radical (unpaired) electrons. The number of nitrogens with zero attached hydrogens (tertiary/aromatic N) is 1. The molecule has 1 aliphatic heterocycles. The molecule has 0 aliphatic carbocycles. The standard InChI is InChI=1S/C19H21NOS2/c1-3-20(17-7-5-4-6-14(17)2)18(21)15-8-10-16(11-9-15)19-22-12-13-23-19/h4-11,19H,3,12-13H2,1-2H3. The molecule has 2 aromatic carbocycles. The van der Waals surface area contributed by atoms with Gasteiger partial charge in [-0.1, -0.05) is 30.3 Å². The quantitative estimate of drug-likeness (QED) is 0.766. The predicted molar refractivity (Wildman–Crippen MR) is 103 cm³/mol. The Labute approximate surface area is 146 Å². The number of para-hydroxylation sites is 1. The van der Waals surface area contributed by atoms with Crippen LogP contribution in [0.4, 0.5) is 5.69 Å². The number of rotatable bonds is 4. The molecule has 0 bridgehead atoms. The molecular weight excluding hydrogens is 322 g/mol. The molecule has 3 rings (SSSR count). The number of hydrogen-bond donors (Lipinski definition) is 0. The maximum atomic E-state index is 12.9. The van der Waals surface area contributed by atoms with Crippen molar-refractivity contribution < 1.29 is 4.79 Å². The number of anilines is 1. The van der Waals surface area contributed by atoms with E-state index >= 15 is 0 Å². The fourth-order valence-electron chi connectivity index (χ4n) is 2.78. The zero-order valence-corrected chi connectivity index (χ0v) is 15.1. The molecule has 0 atom stereocenters. The van der Waals surface area contributed by atoms with Gasteiger partial charge in [-0.05, 0) is 43.2 Å². The summed E-state index contributed by atoms with van der Waals surface area (Å²) in [6.07, 6.45) is 0. The SMILES string of the molecule is CCN(C(=O)c1ccc(C2SCCS2)cc1)c1ccccc1C. The second kappa shape index (κ2) is 7.45. The van der Waals surface area contributed by atoms with Gasteiger partial charge < -0.3 is 4.90 Å². The maximum Gasteiger partial charge on any atom is 0.258 e. The molecule has 1 fully saturated rings. The van der Waals surface area contributed by atoms with E-state index in [2.05, 4.69) is 12.1 Å². The second-order valence-corrected chi connectivity index (χ2v) is 8.26. The summed E-state index contributed by atoms with van der Waals surface area (Å²) in [6, 6.07) is 16.2. The van der Waals surface area contributed by atoms with Crippen LogP contribution in [0.15, 0.2) is 48.5 Å². The van der Waals surface area contributed by atoms with Crippen molar-refractivity contribution in [2.75, 3.05) is 23.0 Å².